The van der Waals surface area contributed by atoms with Crippen LogP contribution in [0, 0.1) is 5.82 Å². The summed E-state index contributed by atoms with van der Waals surface area (Å²) in [5, 5.41) is 9.15. The van der Waals surface area contributed by atoms with E-state index in [0.29, 0.717) is 11.1 Å². The molecule has 2 rings (SSSR count). The van der Waals surface area contributed by atoms with E-state index in [9.17, 15) is 9.18 Å². The summed E-state index contributed by atoms with van der Waals surface area (Å²) in [4.78, 5) is 14.7. The Kier molecular flexibility index (Phi) is 3.16. The first-order valence-electron chi connectivity index (χ1n) is 4.92. The number of benzene rings is 1. The Morgan fingerprint density at radius 1 is 1.28 bits per heavy atom. The number of hydrogen-bond acceptors (Lipinski definition) is 3. The van der Waals surface area contributed by atoms with Gasteiger partial charge in [-0.2, -0.15) is 0 Å². The van der Waals surface area contributed by atoms with Gasteiger partial charge in [0.25, 0.3) is 0 Å². The molecule has 1 aromatic carbocycles. The lowest BCUT2D eigenvalue weighted by Crippen LogP contribution is -2.04. The van der Waals surface area contributed by atoms with Crippen LogP contribution in [-0.4, -0.2) is 16.1 Å². The van der Waals surface area contributed by atoms with Crippen molar-refractivity contribution in [3.05, 3.63) is 46.9 Å². The Hall–Kier alpha value is -2.14. The van der Waals surface area contributed by atoms with Crippen LogP contribution in [-0.2, 0) is 0 Å². The van der Waals surface area contributed by atoms with Gasteiger partial charge in [-0.25, -0.2) is 14.2 Å². The van der Waals surface area contributed by atoms with Gasteiger partial charge in [0.05, 0.1) is 0 Å². The molecule has 2 aromatic rings. The van der Waals surface area contributed by atoms with Gasteiger partial charge in [0.1, 0.15) is 17.2 Å². The van der Waals surface area contributed by atoms with Gasteiger partial charge in [-0.1, -0.05) is 11.6 Å². The first kappa shape index (κ1) is 12.3. The maximum atomic E-state index is 13.2. The van der Waals surface area contributed by atoms with Gasteiger partial charge in [-0.05, 0) is 29.8 Å². The number of carbonyl (C=O) groups is 1. The van der Waals surface area contributed by atoms with Gasteiger partial charge in [0.15, 0.2) is 0 Å². The fraction of sp³-hybridized carbons (Fsp3) is 0. The second-order valence-corrected chi connectivity index (χ2v) is 4.06. The van der Waals surface area contributed by atoms with Gasteiger partial charge in [0, 0.05) is 16.8 Å². The lowest BCUT2D eigenvalue weighted by Gasteiger charge is -2.05. The van der Waals surface area contributed by atoms with Crippen LogP contribution in [0.15, 0.2) is 30.5 Å². The number of aromatic nitrogens is 1. The zero-order valence-electron chi connectivity index (χ0n) is 9.02. The van der Waals surface area contributed by atoms with Crippen LogP contribution in [0.2, 0.25) is 5.02 Å². The van der Waals surface area contributed by atoms with Crippen molar-refractivity contribution in [3.63, 3.8) is 0 Å². The number of halogens is 2. The normalized spacial score (nSPS) is 10.3. The molecular weight excluding hydrogens is 259 g/mol. The highest BCUT2D eigenvalue weighted by Gasteiger charge is 2.11. The van der Waals surface area contributed by atoms with Crippen LogP contribution in [0.25, 0.3) is 11.1 Å². The second kappa shape index (κ2) is 4.62. The summed E-state index contributed by atoms with van der Waals surface area (Å²) in [6.45, 7) is 0. The highest BCUT2D eigenvalue weighted by Crippen LogP contribution is 2.25. The summed E-state index contributed by atoms with van der Waals surface area (Å²) in [7, 11) is 0. The molecule has 0 spiro atoms. The molecule has 0 aliphatic heterocycles. The number of carboxylic acid groups (broad SMARTS) is 1. The molecule has 0 aliphatic carbocycles. The SMILES string of the molecule is Nc1ncc(-c2cc(F)cc(Cl)c2)cc1C(=O)O. The van der Waals surface area contributed by atoms with Gasteiger partial charge in [0.2, 0.25) is 0 Å². The van der Waals surface area contributed by atoms with E-state index < -0.39 is 11.8 Å². The fourth-order valence-corrected chi connectivity index (χ4v) is 1.75. The van der Waals surface area contributed by atoms with Crippen LogP contribution in [0.4, 0.5) is 10.2 Å². The lowest BCUT2D eigenvalue weighted by atomic mass is 10.1. The third kappa shape index (κ3) is 2.41. The first-order chi connectivity index (χ1) is 8.47. The molecule has 0 radical (unpaired) electrons. The Labute approximate surface area is 107 Å². The monoisotopic (exact) mass is 266 g/mol. The Bertz CT molecular complexity index is 611. The third-order valence-corrected chi connectivity index (χ3v) is 2.56. The molecule has 0 unspecified atom stereocenters. The van der Waals surface area contributed by atoms with Gasteiger partial charge in [-0.15, -0.1) is 0 Å². The molecule has 92 valence electrons. The topological polar surface area (TPSA) is 76.2 Å². The van der Waals surface area contributed by atoms with Crippen molar-refractivity contribution < 1.29 is 14.3 Å². The minimum absolute atomic E-state index is 0.0891. The Balaban J connectivity index is 2.57. The summed E-state index contributed by atoms with van der Waals surface area (Å²) in [5.74, 6) is -1.79. The number of pyridine rings is 1. The second-order valence-electron chi connectivity index (χ2n) is 3.62. The average molecular weight is 267 g/mol. The summed E-state index contributed by atoms with van der Waals surface area (Å²) in [6, 6.07) is 5.25. The Morgan fingerprint density at radius 2 is 2.00 bits per heavy atom. The number of nitrogens with zero attached hydrogens (tertiary/aromatic N) is 1. The fourth-order valence-electron chi connectivity index (χ4n) is 1.53. The molecule has 1 aromatic heterocycles. The molecule has 1 heterocycles. The molecule has 0 saturated heterocycles. The van der Waals surface area contributed by atoms with Crippen molar-refractivity contribution in [1.82, 2.24) is 4.98 Å². The van der Waals surface area contributed by atoms with E-state index in [1.54, 1.807) is 0 Å². The van der Waals surface area contributed by atoms with Crippen molar-refractivity contribution in [2.45, 2.75) is 0 Å². The first-order valence-corrected chi connectivity index (χ1v) is 5.30. The molecular formula is C12H8ClFN2O2. The van der Waals surface area contributed by atoms with Gasteiger partial charge >= 0.3 is 5.97 Å². The Morgan fingerprint density at radius 3 is 2.61 bits per heavy atom. The van der Waals surface area contributed by atoms with Crippen LogP contribution in [0.1, 0.15) is 10.4 Å². The number of anilines is 1. The van der Waals surface area contributed by atoms with Crippen molar-refractivity contribution in [3.8, 4) is 11.1 Å². The number of rotatable bonds is 2. The zero-order valence-corrected chi connectivity index (χ0v) is 9.78. The molecule has 3 N–H and O–H groups in total. The van der Waals surface area contributed by atoms with E-state index >= 15 is 0 Å². The lowest BCUT2D eigenvalue weighted by molar-refractivity contribution is 0.0697. The van der Waals surface area contributed by atoms with Crippen LogP contribution < -0.4 is 5.73 Å². The molecule has 6 heteroatoms. The molecule has 0 bridgehead atoms. The average Bonchev–Trinajstić information content (AvgIpc) is 2.27. The van der Waals surface area contributed by atoms with E-state index in [2.05, 4.69) is 4.98 Å². The minimum Gasteiger partial charge on any atom is -0.478 e. The molecule has 0 saturated carbocycles. The van der Waals surface area contributed by atoms with E-state index in [1.807, 2.05) is 0 Å². The summed E-state index contributed by atoms with van der Waals surface area (Å²) < 4.78 is 13.2. The summed E-state index contributed by atoms with van der Waals surface area (Å²) in [5.41, 5.74) is 6.18. The predicted octanol–water partition coefficient (Wildman–Crippen LogP) is 2.82. The molecule has 4 nitrogen and oxygen atoms in total. The maximum absolute atomic E-state index is 13.2. The van der Waals surface area contributed by atoms with Gasteiger partial charge in [-0.3, -0.25) is 0 Å². The van der Waals surface area contributed by atoms with Gasteiger partial charge < -0.3 is 10.8 Å². The smallest absolute Gasteiger partial charge is 0.339 e. The molecule has 0 amide bonds. The van der Waals surface area contributed by atoms with Crippen LogP contribution >= 0.6 is 11.6 Å². The van der Waals surface area contributed by atoms with Crippen molar-refractivity contribution in [1.29, 1.82) is 0 Å². The van der Waals surface area contributed by atoms with E-state index in [0.717, 1.165) is 6.07 Å². The van der Waals surface area contributed by atoms with Crippen LogP contribution in [0.3, 0.4) is 0 Å². The number of aromatic carboxylic acids is 1. The van der Waals surface area contributed by atoms with Crippen molar-refractivity contribution in [2.24, 2.45) is 0 Å². The molecule has 18 heavy (non-hydrogen) atoms. The van der Waals surface area contributed by atoms with E-state index in [4.69, 9.17) is 22.4 Å². The highest BCUT2D eigenvalue weighted by atomic mass is 35.5. The minimum atomic E-state index is -1.19. The number of nitrogens with two attached hydrogens (primary N) is 1. The van der Waals surface area contributed by atoms with E-state index in [-0.39, 0.29) is 16.4 Å². The molecule has 0 fully saturated rings. The number of hydrogen-bond donors (Lipinski definition) is 2. The third-order valence-electron chi connectivity index (χ3n) is 2.34. The quantitative estimate of drug-likeness (QED) is 0.876. The standard InChI is InChI=1S/C12H8ClFN2O2/c13-8-1-6(2-9(14)4-8)7-3-10(12(17)18)11(15)16-5-7/h1-5H,(H2,15,16)(H,17,18). The number of nitrogen functional groups attached to an aromatic ring is 1. The zero-order chi connectivity index (χ0) is 13.3. The summed E-state index contributed by atoms with van der Waals surface area (Å²) >= 11 is 5.73. The number of carboxylic acids is 1. The summed E-state index contributed by atoms with van der Waals surface area (Å²) in [6.07, 6.45) is 1.37. The maximum Gasteiger partial charge on any atom is 0.339 e. The van der Waals surface area contributed by atoms with Crippen molar-refractivity contribution in [2.75, 3.05) is 5.73 Å². The van der Waals surface area contributed by atoms with E-state index in [1.165, 1.54) is 24.4 Å². The largest absolute Gasteiger partial charge is 0.478 e. The predicted molar refractivity (Wildman–Crippen MR) is 66.0 cm³/mol. The van der Waals surface area contributed by atoms with Crippen LogP contribution in [0.5, 0.6) is 0 Å². The van der Waals surface area contributed by atoms with Crippen molar-refractivity contribution >= 4 is 23.4 Å². The molecule has 0 aliphatic rings. The molecule has 0 atom stereocenters. The highest BCUT2D eigenvalue weighted by molar-refractivity contribution is 6.30.